The largest absolute Gasteiger partial charge is 0.497 e. The van der Waals surface area contributed by atoms with Crippen molar-refractivity contribution in [2.24, 2.45) is 0 Å². The highest BCUT2D eigenvalue weighted by Crippen LogP contribution is 2.23. The Morgan fingerprint density at radius 2 is 1.50 bits per heavy atom. The van der Waals surface area contributed by atoms with Gasteiger partial charge in [-0.2, -0.15) is 0 Å². The van der Waals surface area contributed by atoms with Crippen LogP contribution in [0.2, 0.25) is 0 Å². The Bertz CT molecular complexity index is 963. The lowest BCUT2D eigenvalue weighted by atomic mass is 10.0. The van der Waals surface area contributed by atoms with E-state index in [2.05, 4.69) is 5.32 Å². The molecule has 0 bridgehead atoms. The van der Waals surface area contributed by atoms with Crippen molar-refractivity contribution < 1.29 is 19.4 Å². The van der Waals surface area contributed by atoms with Crippen LogP contribution >= 0.6 is 0 Å². The molecule has 3 rings (SSSR count). The highest BCUT2D eigenvalue weighted by atomic mass is 16.5. The summed E-state index contributed by atoms with van der Waals surface area (Å²) in [6.45, 7) is 0. The zero-order valence-corrected chi connectivity index (χ0v) is 15.5. The summed E-state index contributed by atoms with van der Waals surface area (Å²) in [6.07, 6.45) is 0.847. The van der Waals surface area contributed by atoms with Gasteiger partial charge in [-0.15, -0.1) is 0 Å². The molecule has 5 heteroatoms. The maximum atomic E-state index is 12.2. The number of carbonyl (C=O) groups excluding carboxylic acids is 1. The maximum absolute atomic E-state index is 12.2. The quantitative estimate of drug-likeness (QED) is 0.631. The molecule has 5 nitrogen and oxygen atoms in total. The molecule has 0 saturated carbocycles. The first-order valence-electron chi connectivity index (χ1n) is 8.92. The van der Waals surface area contributed by atoms with E-state index in [1.54, 1.807) is 25.3 Å². The Hall–Kier alpha value is -3.60. The van der Waals surface area contributed by atoms with E-state index >= 15 is 0 Å². The lowest BCUT2D eigenvalue weighted by molar-refractivity contribution is -0.116. The summed E-state index contributed by atoms with van der Waals surface area (Å²) in [7, 11) is 1.64. The summed E-state index contributed by atoms with van der Waals surface area (Å²) >= 11 is 0. The van der Waals surface area contributed by atoms with E-state index in [1.807, 2.05) is 48.5 Å². The van der Waals surface area contributed by atoms with Gasteiger partial charge < -0.3 is 15.2 Å². The number of anilines is 1. The Labute approximate surface area is 163 Å². The fourth-order valence-corrected chi connectivity index (χ4v) is 2.90. The topological polar surface area (TPSA) is 75.6 Å². The van der Waals surface area contributed by atoms with Gasteiger partial charge in [0.05, 0.1) is 18.4 Å². The van der Waals surface area contributed by atoms with Crippen molar-refractivity contribution in [3.05, 3.63) is 83.9 Å². The number of amides is 1. The van der Waals surface area contributed by atoms with Crippen molar-refractivity contribution in [3.8, 4) is 16.9 Å². The van der Waals surface area contributed by atoms with Crippen LogP contribution in [0, 0.1) is 0 Å². The molecule has 2 N–H and O–H groups in total. The summed E-state index contributed by atoms with van der Waals surface area (Å²) in [5, 5.41) is 11.9. The minimum Gasteiger partial charge on any atom is -0.497 e. The van der Waals surface area contributed by atoms with E-state index in [9.17, 15) is 14.7 Å². The van der Waals surface area contributed by atoms with Crippen molar-refractivity contribution in [1.82, 2.24) is 0 Å². The standard InChI is InChI=1S/C23H21NO4/c1-28-19-13-11-18(12-14-19)17-9-6-16(7-10-17)8-15-22(25)24-21-5-3-2-4-20(21)23(26)27/h2-7,9-14H,8,15H2,1H3,(H,24,25)(H,26,27). The minimum atomic E-state index is -1.06. The smallest absolute Gasteiger partial charge is 0.337 e. The number of aromatic carboxylic acids is 1. The summed E-state index contributed by atoms with van der Waals surface area (Å²) in [6, 6.07) is 22.3. The van der Waals surface area contributed by atoms with Gasteiger partial charge >= 0.3 is 5.97 Å². The fraction of sp³-hybridized carbons (Fsp3) is 0.130. The van der Waals surface area contributed by atoms with Crippen LogP contribution in [0.5, 0.6) is 5.75 Å². The first-order chi connectivity index (χ1) is 13.6. The third kappa shape index (κ3) is 4.76. The molecule has 1 amide bonds. The second kappa shape index (κ2) is 8.86. The molecule has 3 aromatic rings. The molecule has 0 fully saturated rings. The van der Waals surface area contributed by atoms with Crippen LogP contribution in [0.4, 0.5) is 5.69 Å². The molecule has 0 aliphatic carbocycles. The Kier molecular flexibility index (Phi) is 6.07. The summed E-state index contributed by atoms with van der Waals surface area (Å²) in [5.41, 5.74) is 3.62. The molecule has 0 aromatic heterocycles. The Morgan fingerprint density at radius 1 is 0.893 bits per heavy atom. The number of rotatable bonds is 7. The van der Waals surface area contributed by atoms with Crippen LogP contribution in [-0.2, 0) is 11.2 Å². The van der Waals surface area contributed by atoms with E-state index in [1.165, 1.54) is 6.07 Å². The molecule has 28 heavy (non-hydrogen) atoms. The van der Waals surface area contributed by atoms with Crippen molar-refractivity contribution in [1.29, 1.82) is 0 Å². The average Bonchev–Trinajstić information content (AvgIpc) is 2.73. The highest BCUT2D eigenvalue weighted by Gasteiger charge is 2.11. The van der Waals surface area contributed by atoms with Gasteiger partial charge in [-0.3, -0.25) is 4.79 Å². The summed E-state index contributed by atoms with van der Waals surface area (Å²) < 4.78 is 5.17. The van der Waals surface area contributed by atoms with Crippen LogP contribution in [0.3, 0.4) is 0 Å². The van der Waals surface area contributed by atoms with Gasteiger partial charge in [0.15, 0.2) is 0 Å². The number of benzene rings is 3. The van der Waals surface area contributed by atoms with Gasteiger partial charge in [-0.05, 0) is 47.4 Å². The normalized spacial score (nSPS) is 10.3. The minimum absolute atomic E-state index is 0.0831. The van der Waals surface area contributed by atoms with Gasteiger partial charge in [0.2, 0.25) is 5.91 Å². The maximum Gasteiger partial charge on any atom is 0.337 e. The van der Waals surface area contributed by atoms with Crippen molar-refractivity contribution >= 4 is 17.6 Å². The van der Waals surface area contributed by atoms with Crippen LogP contribution in [-0.4, -0.2) is 24.1 Å². The molecule has 0 spiro atoms. The van der Waals surface area contributed by atoms with Crippen LogP contribution in [0.1, 0.15) is 22.3 Å². The molecule has 3 aromatic carbocycles. The lowest BCUT2D eigenvalue weighted by Gasteiger charge is -2.09. The number of methoxy groups -OCH3 is 1. The van der Waals surface area contributed by atoms with Gasteiger partial charge in [0, 0.05) is 6.42 Å². The van der Waals surface area contributed by atoms with E-state index in [4.69, 9.17) is 4.74 Å². The monoisotopic (exact) mass is 375 g/mol. The van der Waals surface area contributed by atoms with E-state index in [0.717, 1.165) is 22.4 Å². The first kappa shape index (κ1) is 19.2. The second-order valence-electron chi connectivity index (χ2n) is 6.32. The number of carboxylic acids is 1. The summed E-state index contributed by atoms with van der Waals surface area (Å²) in [4.78, 5) is 23.4. The first-order valence-corrected chi connectivity index (χ1v) is 8.92. The number of carboxylic acid groups (broad SMARTS) is 1. The van der Waals surface area contributed by atoms with E-state index in [-0.39, 0.29) is 17.9 Å². The van der Waals surface area contributed by atoms with Gasteiger partial charge in [-0.1, -0.05) is 48.5 Å². The van der Waals surface area contributed by atoms with Crippen molar-refractivity contribution in [3.63, 3.8) is 0 Å². The molecule has 0 unspecified atom stereocenters. The molecule has 0 aliphatic heterocycles. The molecular weight excluding hydrogens is 354 g/mol. The Balaban J connectivity index is 1.59. The molecule has 0 heterocycles. The number of para-hydroxylation sites is 1. The zero-order chi connectivity index (χ0) is 19.9. The van der Waals surface area contributed by atoms with Crippen molar-refractivity contribution in [2.75, 3.05) is 12.4 Å². The third-order valence-electron chi connectivity index (χ3n) is 4.45. The van der Waals surface area contributed by atoms with Gasteiger partial charge in [0.1, 0.15) is 5.75 Å². The number of nitrogens with one attached hydrogen (secondary N) is 1. The van der Waals surface area contributed by atoms with Crippen LogP contribution in [0.25, 0.3) is 11.1 Å². The number of aryl methyl sites for hydroxylation is 1. The van der Waals surface area contributed by atoms with Crippen LogP contribution < -0.4 is 10.1 Å². The molecular formula is C23H21NO4. The van der Waals surface area contributed by atoms with Crippen LogP contribution in [0.15, 0.2) is 72.8 Å². The fourth-order valence-electron chi connectivity index (χ4n) is 2.90. The predicted octanol–water partition coefficient (Wildman–Crippen LogP) is 4.63. The molecule has 142 valence electrons. The molecule has 0 atom stereocenters. The second-order valence-corrected chi connectivity index (χ2v) is 6.32. The highest BCUT2D eigenvalue weighted by molar-refractivity contribution is 6.00. The number of hydrogen-bond donors (Lipinski definition) is 2. The number of carbonyl (C=O) groups is 2. The van der Waals surface area contributed by atoms with Gasteiger partial charge in [-0.25, -0.2) is 4.79 Å². The molecule has 0 aliphatic rings. The predicted molar refractivity (Wildman–Crippen MR) is 109 cm³/mol. The lowest BCUT2D eigenvalue weighted by Crippen LogP contribution is -2.15. The van der Waals surface area contributed by atoms with E-state index < -0.39 is 5.97 Å². The van der Waals surface area contributed by atoms with Gasteiger partial charge in [0.25, 0.3) is 0 Å². The average molecular weight is 375 g/mol. The molecule has 0 radical (unpaired) electrons. The SMILES string of the molecule is COc1ccc(-c2ccc(CCC(=O)Nc3ccccc3C(=O)O)cc2)cc1. The zero-order valence-electron chi connectivity index (χ0n) is 15.5. The van der Waals surface area contributed by atoms with Crippen molar-refractivity contribution in [2.45, 2.75) is 12.8 Å². The molecule has 0 saturated heterocycles. The van der Waals surface area contributed by atoms with E-state index in [0.29, 0.717) is 12.1 Å². The third-order valence-corrected chi connectivity index (χ3v) is 4.45. The number of hydrogen-bond acceptors (Lipinski definition) is 3. The summed E-state index contributed by atoms with van der Waals surface area (Å²) in [5.74, 6) is -0.464. The Morgan fingerprint density at radius 3 is 2.11 bits per heavy atom. The number of ether oxygens (including phenoxy) is 1.